The van der Waals surface area contributed by atoms with E-state index in [1.807, 2.05) is 4.98 Å². The highest BCUT2D eigenvalue weighted by atomic mass is 31.2. The van der Waals surface area contributed by atoms with Gasteiger partial charge in [-0.2, -0.15) is 5.09 Å². The molecule has 1 aromatic carbocycles. The molecule has 0 bridgehead atoms. The summed E-state index contributed by atoms with van der Waals surface area (Å²) >= 11 is 0. The normalized spacial score (nSPS) is 23.6. The van der Waals surface area contributed by atoms with Crippen molar-refractivity contribution < 1.29 is 33.0 Å². The fourth-order valence-electron chi connectivity index (χ4n) is 3.42. The Hall–Kier alpha value is -3.45. The monoisotopic (exact) mass is 538 g/mol. The summed E-state index contributed by atoms with van der Waals surface area (Å²) in [7, 11) is -4.28. The van der Waals surface area contributed by atoms with Gasteiger partial charge in [0.25, 0.3) is 5.56 Å². The van der Waals surface area contributed by atoms with Gasteiger partial charge in [-0.25, -0.2) is 9.36 Å². The predicted octanol–water partition coefficient (Wildman–Crippen LogP) is 1.61. The number of carbonyl (C=O) groups excluding carboxylic acids is 1. The number of H-pyrrole nitrogens is 1. The number of nitrogens with zero attached hydrogens (tertiary/aromatic N) is 4. The second-order valence-electron chi connectivity index (χ2n) is 8.30. The van der Waals surface area contributed by atoms with Crippen LogP contribution in [0.1, 0.15) is 27.0 Å². The van der Waals surface area contributed by atoms with Crippen LogP contribution in [0.15, 0.2) is 57.3 Å². The molecule has 0 spiro atoms. The third kappa shape index (κ3) is 7.29. The van der Waals surface area contributed by atoms with E-state index in [0.29, 0.717) is 0 Å². The smallest absolute Gasteiger partial charge is 0.459 e. The molecular weight excluding hydrogens is 511 g/mol. The Morgan fingerprint density at radius 2 is 2.00 bits per heavy atom. The number of hydrogen-bond donors (Lipinski definition) is 3. The summed E-state index contributed by atoms with van der Waals surface area (Å²) in [5.74, 6) is -0.533. The Labute approximate surface area is 210 Å². The first kappa shape index (κ1) is 28.1. The lowest BCUT2D eigenvalue weighted by Crippen LogP contribution is -2.38. The van der Waals surface area contributed by atoms with Crippen molar-refractivity contribution in [1.82, 2.24) is 14.6 Å². The van der Waals surface area contributed by atoms with E-state index in [2.05, 4.69) is 15.1 Å². The third-order valence-electron chi connectivity index (χ3n) is 5.08. The molecule has 3 rings (SSSR count). The second kappa shape index (κ2) is 12.2. The molecule has 0 aliphatic carbocycles. The molecule has 0 amide bonds. The van der Waals surface area contributed by atoms with Crippen molar-refractivity contribution >= 4 is 13.7 Å². The van der Waals surface area contributed by atoms with Gasteiger partial charge in [0.15, 0.2) is 0 Å². The molecule has 3 N–H and O–H groups in total. The predicted molar refractivity (Wildman–Crippen MR) is 129 cm³/mol. The molecule has 1 aromatic heterocycles. The summed E-state index contributed by atoms with van der Waals surface area (Å²) in [5, 5.41) is 16.7. The van der Waals surface area contributed by atoms with Crippen LogP contribution < -0.4 is 20.9 Å². The number of nitrogens with one attached hydrogen (secondary N) is 2. The fourth-order valence-corrected chi connectivity index (χ4v) is 4.92. The van der Waals surface area contributed by atoms with Crippen LogP contribution in [0.4, 0.5) is 0 Å². The van der Waals surface area contributed by atoms with Gasteiger partial charge >= 0.3 is 19.4 Å². The molecule has 1 saturated heterocycles. The minimum Gasteiger partial charge on any atom is -0.462 e. The van der Waals surface area contributed by atoms with E-state index < -0.39 is 68.2 Å². The first-order chi connectivity index (χ1) is 17.5. The molecule has 0 saturated carbocycles. The van der Waals surface area contributed by atoms with Gasteiger partial charge in [0, 0.05) is 17.2 Å². The quantitative estimate of drug-likeness (QED) is 0.124. The number of benzene rings is 1. The van der Waals surface area contributed by atoms with Crippen LogP contribution in [0.3, 0.4) is 0 Å². The van der Waals surface area contributed by atoms with E-state index in [9.17, 15) is 24.1 Å². The van der Waals surface area contributed by atoms with Gasteiger partial charge in [-0.15, -0.1) is 0 Å². The minimum absolute atomic E-state index is 0.167. The van der Waals surface area contributed by atoms with Crippen molar-refractivity contribution in [1.29, 1.82) is 0 Å². The summed E-state index contributed by atoms with van der Waals surface area (Å²) in [5.41, 5.74) is 7.43. The number of azide groups is 1. The van der Waals surface area contributed by atoms with E-state index in [-0.39, 0.29) is 5.75 Å². The fraction of sp³-hybridized carbons (Fsp3) is 0.476. The molecule has 37 heavy (non-hydrogen) atoms. The van der Waals surface area contributed by atoms with Crippen LogP contribution in [-0.4, -0.2) is 57.6 Å². The van der Waals surface area contributed by atoms with E-state index in [4.69, 9.17) is 24.1 Å². The number of rotatable bonds is 11. The molecule has 2 aromatic rings. The molecule has 1 unspecified atom stereocenters. The zero-order valence-electron chi connectivity index (χ0n) is 20.2. The maximum atomic E-state index is 13.6. The van der Waals surface area contributed by atoms with Crippen LogP contribution in [0.2, 0.25) is 0 Å². The average Bonchev–Trinajstić information content (AvgIpc) is 3.13. The number of para-hydroxylation sites is 1. The molecule has 1 aliphatic rings. The first-order valence-electron chi connectivity index (χ1n) is 11.2. The number of aromatic nitrogens is 2. The van der Waals surface area contributed by atoms with E-state index in [0.717, 1.165) is 16.8 Å². The topological polar surface area (TPSA) is 207 Å². The number of esters is 1. The maximum absolute atomic E-state index is 13.6. The zero-order chi connectivity index (χ0) is 27.2. The van der Waals surface area contributed by atoms with Crippen LogP contribution in [0.25, 0.3) is 10.4 Å². The summed E-state index contributed by atoms with van der Waals surface area (Å²) < 4.78 is 36.4. The van der Waals surface area contributed by atoms with Crippen molar-refractivity contribution in [2.45, 2.75) is 57.4 Å². The Morgan fingerprint density at radius 3 is 2.62 bits per heavy atom. The summed E-state index contributed by atoms with van der Waals surface area (Å²) in [6, 6.07) is 6.69. The van der Waals surface area contributed by atoms with Gasteiger partial charge in [-0.05, 0) is 38.4 Å². The molecule has 0 radical (unpaired) electrons. The number of ether oxygens (including phenoxy) is 2. The van der Waals surface area contributed by atoms with Gasteiger partial charge in [0.1, 0.15) is 30.2 Å². The van der Waals surface area contributed by atoms with Gasteiger partial charge < -0.3 is 19.1 Å². The van der Waals surface area contributed by atoms with Gasteiger partial charge in [0.2, 0.25) is 0 Å². The highest BCUT2D eigenvalue weighted by Crippen LogP contribution is 2.46. The Kier molecular flexibility index (Phi) is 9.27. The van der Waals surface area contributed by atoms with Gasteiger partial charge in [-0.1, -0.05) is 23.3 Å². The van der Waals surface area contributed by atoms with Gasteiger partial charge in [0.05, 0.1) is 18.8 Å². The lowest BCUT2D eigenvalue weighted by molar-refractivity contribution is -0.149. The van der Waals surface area contributed by atoms with Crippen LogP contribution in [0.5, 0.6) is 5.75 Å². The number of aliphatic hydroxyl groups excluding tert-OH is 1. The van der Waals surface area contributed by atoms with Crippen LogP contribution in [-0.2, 0) is 23.4 Å². The van der Waals surface area contributed by atoms with E-state index in [1.54, 1.807) is 32.0 Å². The standard InChI is InChI=1S/C21H27N6O9P/c1-12(2)34-20(30)13(3)25-37(32,36-14-7-5-4-6-8-14)33-11-15-18(29)17(24-26-22)19(35-15)27-10-9-16(28)23-21(27)31/h4-10,12-13,15,17-19,29H,11H2,1-3H3,(H,25,32)(H,23,28,31)/t13-,15-,17-,18-,19-,37?/m1/s1. The average molecular weight is 538 g/mol. The molecular formula is C21H27N6O9P. The van der Waals surface area contributed by atoms with Gasteiger partial charge in [-0.3, -0.25) is 23.7 Å². The van der Waals surface area contributed by atoms with E-state index >= 15 is 0 Å². The van der Waals surface area contributed by atoms with E-state index in [1.165, 1.54) is 19.1 Å². The molecule has 16 heteroatoms. The molecule has 6 atom stereocenters. The largest absolute Gasteiger partial charge is 0.462 e. The molecule has 200 valence electrons. The number of carbonyl (C=O) groups is 1. The Balaban J connectivity index is 1.82. The van der Waals surface area contributed by atoms with Crippen molar-refractivity contribution in [2.24, 2.45) is 5.11 Å². The van der Waals surface area contributed by atoms with Crippen molar-refractivity contribution in [3.05, 3.63) is 73.9 Å². The SMILES string of the molecule is CC(C)OC(=O)[C@@H](C)NP(=O)(OC[C@H]1O[C@@H](n2ccc(=O)[nH]c2=O)[C@H](N=[N+]=[N-])[C@@H]1O)Oc1ccccc1. The first-order valence-corrected chi connectivity index (χ1v) is 12.7. The summed E-state index contributed by atoms with van der Waals surface area (Å²) in [6.45, 7) is 4.16. The molecule has 15 nitrogen and oxygen atoms in total. The third-order valence-corrected chi connectivity index (χ3v) is 6.73. The Bertz CT molecular complexity index is 1290. The minimum atomic E-state index is -4.28. The highest BCUT2D eigenvalue weighted by Gasteiger charge is 2.46. The molecule has 1 fully saturated rings. The Morgan fingerprint density at radius 1 is 1.30 bits per heavy atom. The number of aliphatic hydroxyl groups is 1. The van der Waals surface area contributed by atoms with Crippen LogP contribution in [0, 0.1) is 0 Å². The maximum Gasteiger partial charge on any atom is 0.459 e. The van der Waals surface area contributed by atoms with Crippen molar-refractivity contribution in [3.8, 4) is 5.75 Å². The van der Waals surface area contributed by atoms with Crippen molar-refractivity contribution in [3.63, 3.8) is 0 Å². The van der Waals surface area contributed by atoms with Crippen molar-refractivity contribution in [2.75, 3.05) is 6.61 Å². The number of aromatic amines is 1. The lowest BCUT2D eigenvalue weighted by atomic mass is 10.1. The molecule has 1 aliphatic heterocycles. The summed E-state index contributed by atoms with van der Waals surface area (Å²) in [6.07, 6.45) is -3.33. The lowest BCUT2D eigenvalue weighted by Gasteiger charge is -2.25. The number of hydrogen-bond acceptors (Lipinski definition) is 10. The molecule has 2 heterocycles. The summed E-state index contributed by atoms with van der Waals surface area (Å²) in [4.78, 5) is 40.6. The second-order valence-corrected chi connectivity index (χ2v) is 10.00. The highest BCUT2D eigenvalue weighted by molar-refractivity contribution is 7.52. The zero-order valence-corrected chi connectivity index (χ0v) is 21.1. The van der Waals surface area contributed by atoms with Crippen LogP contribution >= 0.6 is 7.75 Å².